The first-order chi connectivity index (χ1) is 11.6. The summed E-state index contributed by atoms with van der Waals surface area (Å²) in [6.45, 7) is 0.249. The van der Waals surface area contributed by atoms with Gasteiger partial charge in [-0.1, -0.05) is 35.9 Å². The van der Waals surface area contributed by atoms with Gasteiger partial charge in [-0.15, -0.1) is 0 Å². The van der Waals surface area contributed by atoms with Crippen molar-refractivity contribution in [3.05, 3.63) is 70.2 Å². The monoisotopic (exact) mass is 345 g/mol. The number of rotatable bonds is 6. The molecule has 1 N–H and O–H groups in total. The lowest BCUT2D eigenvalue weighted by Gasteiger charge is -2.18. The molecular formula is C18H16ClNO4. The van der Waals surface area contributed by atoms with E-state index in [0.717, 1.165) is 10.5 Å². The summed E-state index contributed by atoms with van der Waals surface area (Å²) in [6, 6.07) is 13.8. The molecule has 1 heterocycles. The van der Waals surface area contributed by atoms with E-state index in [4.69, 9.17) is 16.3 Å². The van der Waals surface area contributed by atoms with Crippen LogP contribution in [-0.2, 0) is 11.3 Å². The van der Waals surface area contributed by atoms with E-state index in [9.17, 15) is 14.7 Å². The van der Waals surface area contributed by atoms with E-state index in [1.165, 1.54) is 0 Å². The van der Waals surface area contributed by atoms with Crippen molar-refractivity contribution >= 4 is 23.4 Å². The van der Waals surface area contributed by atoms with Crippen LogP contribution in [0.25, 0.3) is 0 Å². The molecule has 0 saturated heterocycles. The van der Waals surface area contributed by atoms with E-state index >= 15 is 0 Å². The summed E-state index contributed by atoms with van der Waals surface area (Å²) in [4.78, 5) is 25.5. The second kappa shape index (κ2) is 7.13. The molecule has 0 fully saturated rings. The lowest BCUT2D eigenvalue weighted by Crippen LogP contribution is -2.38. The maximum atomic E-state index is 12.2. The van der Waals surface area contributed by atoms with Gasteiger partial charge < -0.3 is 9.84 Å². The maximum absolute atomic E-state index is 12.2. The van der Waals surface area contributed by atoms with E-state index < -0.39 is 6.10 Å². The van der Waals surface area contributed by atoms with Crippen LogP contribution >= 0.6 is 11.6 Å². The van der Waals surface area contributed by atoms with Crippen molar-refractivity contribution in [2.24, 2.45) is 0 Å². The van der Waals surface area contributed by atoms with Crippen LogP contribution in [0.2, 0.25) is 5.02 Å². The molecule has 1 aliphatic heterocycles. The summed E-state index contributed by atoms with van der Waals surface area (Å²) in [5.41, 5.74) is 1.67. The van der Waals surface area contributed by atoms with Crippen molar-refractivity contribution in [1.82, 2.24) is 4.90 Å². The van der Waals surface area contributed by atoms with E-state index in [1.54, 1.807) is 36.4 Å². The summed E-state index contributed by atoms with van der Waals surface area (Å²) < 4.78 is 5.44. The molecule has 2 amide bonds. The summed E-state index contributed by atoms with van der Waals surface area (Å²) in [7, 11) is 0. The maximum Gasteiger partial charge on any atom is 0.261 e. The van der Waals surface area contributed by atoms with Crippen molar-refractivity contribution < 1.29 is 19.4 Å². The summed E-state index contributed by atoms with van der Waals surface area (Å²) >= 11 is 5.81. The Balaban J connectivity index is 1.52. The Morgan fingerprint density at radius 2 is 1.58 bits per heavy atom. The van der Waals surface area contributed by atoms with Gasteiger partial charge in [0.2, 0.25) is 0 Å². The average molecular weight is 346 g/mol. The number of carbonyl (C=O) groups is 2. The van der Waals surface area contributed by atoms with Gasteiger partial charge in [-0.05, 0) is 29.8 Å². The summed E-state index contributed by atoms with van der Waals surface area (Å²) in [5, 5.41) is 10.7. The number of hydrogen-bond acceptors (Lipinski definition) is 4. The van der Waals surface area contributed by atoms with Gasteiger partial charge in [0.05, 0.1) is 37.0 Å². The highest BCUT2D eigenvalue weighted by Gasteiger charge is 2.36. The number of carbonyl (C=O) groups excluding carboxylic acids is 2. The van der Waals surface area contributed by atoms with Crippen molar-refractivity contribution in [2.45, 2.75) is 12.7 Å². The molecule has 1 aliphatic rings. The second-order valence-corrected chi connectivity index (χ2v) is 6.00. The van der Waals surface area contributed by atoms with Crippen LogP contribution in [0.4, 0.5) is 0 Å². The molecule has 0 saturated carbocycles. The van der Waals surface area contributed by atoms with Crippen LogP contribution in [0.5, 0.6) is 0 Å². The third-order valence-corrected chi connectivity index (χ3v) is 4.02. The second-order valence-electron chi connectivity index (χ2n) is 5.56. The third-order valence-electron chi connectivity index (χ3n) is 3.76. The zero-order valence-electron chi connectivity index (χ0n) is 12.8. The number of nitrogens with zero attached hydrogens (tertiary/aromatic N) is 1. The first-order valence-electron chi connectivity index (χ1n) is 7.51. The standard InChI is InChI=1S/C18H16ClNO4/c19-13-7-5-12(6-8-13)10-24-11-14(21)9-20-17(22)15-3-1-2-4-16(15)18(20)23/h1-8,14,21H,9-11H2/t14-/m0/s1. The Bertz CT molecular complexity index is 725. The Labute approximate surface area is 144 Å². The fourth-order valence-corrected chi connectivity index (χ4v) is 2.69. The van der Waals surface area contributed by atoms with E-state index in [0.29, 0.717) is 22.8 Å². The van der Waals surface area contributed by atoms with Crippen LogP contribution in [0.15, 0.2) is 48.5 Å². The molecule has 0 aliphatic carbocycles. The number of benzene rings is 2. The van der Waals surface area contributed by atoms with Crippen LogP contribution in [0.1, 0.15) is 26.3 Å². The van der Waals surface area contributed by atoms with E-state index in [2.05, 4.69) is 0 Å². The molecule has 0 spiro atoms. The number of ether oxygens (including phenoxy) is 1. The molecule has 0 bridgehead atoms. The van der Waals surface area contributed by atoms with Crippen LogP contribution < -0.4 is 0 Å². The molecule has 24 heavy (non-hydrogen) atoms. The van der Waals surface area contributed by atoms with Gasteiger partial charge in [0.25, 0.3) is 11.8 Å². The molecule has 3 rings (SSSR count). The highest BCUT2D eigenvalue weighted by molar-refractivity contribution is 6.30. The van der Waals surface area contributed by atoms with Gasteiger partial charge in [-0.2, -0.15) is 0 Å². The minimum Gasteiger partial charge on any atom is -0.389 e. The summed E-state index contributed by atoms with van der Waals surface area (Å²) in [6.07, 6.45) is -0.945. The van der Waals surface area contributed by atoms with Crippen LogP contribution in [0, 0.1) is 0 Å². The average Bonchev–Trinajstić information content (AvgIpc) is 2.82. The fourth-order valence-electron chi connectivity index (χ4n) is 2.56. The number of fused-ring (bicyclic) bond motifs is 1. The Morgan fingerprint density at radius 1 is 1.00 bits per heavy atom. The zero-order valence-corrected chi connectivity index (χ0v) is 13.6. The Hall–Kier alpha value is -2.21. The largest absolute Gasteiger partial charge is 0.389 e. The number of imide groups is 1. The fraction of sp³-hybridized carbons (Fsp3) is 0.222. The highest BCUT2D eigenvalue weighted by Crippen LogP contribution is 2.22. The van der Waals surface area contributed by atoms with Gasteiger partial charge in [0.1, 0.15) is 0 Å². The Kier molecular flexibility index (Phi) is 4.94. The van der Waals surface area contributed by atoms with Gasteiger partial charge in [0, 0.05) is 5.02 Å². The number of hydrogen-bond donors (Lipinski definition) is 1. The first kappa shape index (κ1) is 16.6. The van der Waals surface area contributed by atoms with E-state index in [-0.39, 0.29) is 25.0 Å². The predicted molar refractivity (Wildman–Crippen MR) is 88.9 cm³/mol. The number of aliphatic hydroxyl groups excluding tert-OH is 1. The predicted octanol–water partition coefficient (Wildman–Crippen LogP) is 2.51. The number of amides is 2. The van der Waals surface area contributed by atoms with Crippen LogP contribution in [-0.4, -0.2) is 41.1 Å². The number of aliphatic hydroxyl groups is 1. The smallest absolute Gasteiger partial charge is 0.261 e. The van der Waals surface area contributed by atoms with Crippen molar-refractivity contribution in [2.75, 3.05) is 13.2 Å². The molecule has 0 radical (unpaired) electrons. The molecular weight excluding hydrogens is 330 g/mol. The molecule has 2 aromatic carbocycles. The first-order valence-corrected chi connectivity index (χ1v) is 7.89. The molecule has 0 unspecified atom stereocenters. The number of halogens is 1. The third kappa shape index (κ3) is 3.48. The number of β-amino-alcohol motifs (C(OH)–C–C–N with tert-alkyl or cyclic N) is 1. The zero-order chi connectivity index (χ0) is 17.1. The van der Waals surface area contributed by atoms with Gasteiger partial charge in [-0.3, -0.25) is 14.5 Å². The van der Waals surface area contributed by atoms with Crippen molar-refractivity contribution in [1.29, 1.82) is 0 Å². The van der Waals surface area contributed by atoms with Crippen molar-refractivity contribution in [3.8, 4) is 0 Å². The Morgan fingerprint density at radius 3 is 2.17 bits per heavy atom. The molecule has 5 nitrogen and oxygen atoms in total. The molecule has 1 atom stereocenters. The van der Waals surface area contributed by atoms with Gasteiger partial charge >= 0.3 is 0 Å². The molecule has 2 aromatic rings. The molecule has 6 heteroatoms. The minimum absolute atomic E-state index is 0.0238. The lowest BCUT2D eigenvalue weighted by atomic mass is 10.1. The minimum atomic E-state index is -0.945. The quantitative estimate of drug-likeness (QED) is 0.817. The SMILES string of the molecule is O=C1c2ccccc2C(=O)N1C[C@H](O)COCc1ccc(Cl)cc1. The van der Waals surface area contributed by atoms with E-state index in [1.807, 2.05) is 12.1 Å². The van der Waals surface area contributed by atoms with Gasteiger partial charge in [0.15, 0.2) is 0 Å². The highest BCUT2D eigenvalue weighted by atomic mass is 35.5. The lowest BCUT2D eigenvalue weighted by molar-refractivity contribution is 0.0120. The van der Waals surface area contributed by atoms with Gasteiger partial charge in [-0.25, -0.2) is 0 Å². The topological polar surface area (TPSA) is 66.8 Å². The summed E-state index contributed by atoms with van der Waals surface area (Å²) in [5.74, 6) is -0.764. The molecule has 124 valence electrons. The molecule has 0 aromatic heterocycles. The normalized spacial score (nSPS) is 14.8. The van der Waals surface area contributed by atoms with Crippen LogP contribution in [0.3, 0.4) is 0 Å². The van der Waals surface area contributed by atoms with Crippen molar-refractivity contribution in [3.63, 3.8) is 0 Å².